The molecule has 2 aromatic rings. The Balaban J connectivity index is 1.83. The van der Waals surface area contributed by atoms with Crippen LogP contribution < -0.4 is 5.14 Å². The Morgan fingerprint density at radius 3 is 2.86 bits per heavy atom. The van der Waals surface area contributed by atoms with Gasteiger partial charge in [0.2, 0.25) is 10.0 Å². The summed E-state index contributed by atoms with van der Waals surface area (Å²) in [5.74, 6) is 0. The van der Waals surface area contributed by atoms with Crippen LogP contribution in [-0.4, -0.2) is 28.4 Å². The van der Waals surface area contributed by atoms with Gasteiger partial charge in [0, 0.05) is 24.5 Å². The first-order valence-electron chi connectivity index (χ1n) is 6.41. The average molecular weight is 306 g/mol. The van der Waals surface area contributed by atoms with Gasteiger partial charge < -0.3 is 0 Å². The van der Waals surface area contributed by atoms with Crippen LogP contribution in [0.4, 0.5) is 0 Å². The summed E-state index contributed by atoms with van der Waals surface area (Å²) >= 11 is 0. The van der Waals surface area contributed by atoms with E-state index in [4.69, 9.17) is 11.7 Å². The predicted molar refractivity (Wildman–Crippen MR) is 78.0 cm³/mol. The number of allylic oxidation sites excluding steroid dienone is 1. The van der Waals surface area contributed by atoms with E-state index in [0.717, 1.165) is 17.7 Å². The molecule has 7 nitrogen and oxygen atoms in total. The zero-order valence-corrected chi connectivity index (χ0v) is 12.2. The Kier molecular flexibility index (Phi) is 4.81. The van der Waals surface area contributed by atoms with Crippen LogP contribution >= 0.6 is 0 Å². The molecule has 0 bridgehead atoms. The van der Waals surface area contributed by atoms with E-state index in [1.165, 1.54) is 0 Å². The van der Waals surface area contributed by atoms with Gasteiger partial charge in [-0.05, 0) is 38.0 Å². The molecule has 0 aliphatic heterocycles. The molecule has 8 heteroatoms. The lowest BCUT2D eigenvalue weighted by Crippen LogP contribution is -2.14. The van der Waals surface area contributed by atoms with Crippen molar-refractivity contribution in [1.29, 1.82) is 0 Å². The summed E-state index contributed by atoms with van der Waals surface area (Å²) in [5, 5.41) is 13.0. The quantitative estimate of drug-likeness (QED) is 0.772. The lowest BCUT2D eigenvalue weighted by Gasteiger charge is -2.02. The molecule has 0 saturated heterocycles. The summed E-state index contributed by atoms with van der Waals surface area (Å²) in [4.78, 5) is 3.84. The number of sulfonamides is 1. The van der Waals surface area contributed by atoms with Gasteiger partial charge in [-0.3, -0.25) is 9.67 Å². The highest BCUT2D eigenvalue weighted by atomic mass is 32.2. The van der Waals surface area contributed by atoms with Crippen LogP contribution in [-0.2, 0) is 16.6 Å². The number of hydrogen-bond acceptors (Lipinski definition) is 5. The van der Waals surface area contributed by atoms with Crippen molar-refractivity contribution in [3.63, 3.8) is 0 Å². The maximum absolute atomic E-state index is 10.9. The van der Waals surface area contributed by atoms with Gasteiger partial charge >= 0.3 is 0 Å². The van der Waals surface area contributed by atoms with Crippen LogP contribution in [0.25, 0.3) is 11.3 Å². The van der Waals surface area contributed by atoms with Gasteiger partial charge in [-0.15, -0.1) is 5.10 Å². The molecule has 0 aliphatic rings. The molecular weight excluding hydrogens is 290 g/mol. The van der Waals surface area contributed by atoms with Crippen LogP contribution in [0.1, 0.15) is 19.3 Å². The molecule has 0 spiro atoms. The Bertz CT molecular complexity index is 709. The summed E-state index contributed by atoms with van der Waals surface area (Å²) in [6, 6.07) is 3.74. The van der Waals surface area contributed by atoms with Gasteiger partial charge in [0.25, 0.3) is 0 Å². The van der Waals surface area contributed by atoms with Gasteiger partial charge in [0.05, 0.1) is 11.1 Å². The van der Waals surface area contributed by atoms with Crippen molar-refractivity contribution in [1.82, 2.24) is 20.0 Å². The van der Waals surface area contributed by atoms with Crippen LogP contribution in [0.2, 0.25) is 0 Å². The van der Waals surface area contributed by atoms with Crippen LogP contribution in [0.3, 0.4) is 0 Å². The molecule has 2 heterocycles. The van der Waals surface area contributed by atoms with Crippen LogP contribution in [0, 0.1) is 6.58 Å². The number of hydrogen-bond donors (Lipinski definition) is 1. The first-order valence-corrected chi connectivity index (χ1v) is 7.96. The molecule has 0 fully saturated rings. The normalized spacial score (nSPS) is 11.5. The zero-order valence-electron chi connectivity index (χ0n) is 11.4. The van der Waals surface area contributed by atoms with Crippen molar-refractivity contribution in [2.75, 3.05) is 0 Å². The van der Waals surface area contributed by atoms with Crippen molar-refractivity contribution in [3.05, 3.63) is 42.2 Å². The third kappa shape index (κ3) is 4.47. The molecule has 1 radical (unpaired) electrons. The molecule has 0 saturated carbocycles. The van der Waals surface area contributed by atoms with Crippen molar-refractivity contribution in [2.45, 2.75) is 25.8 Å². The largest absolute Gasteiger partial charge is 0.264 e. The Hall–Kier alpha value is -2.06. The minimum absolute atomic E-state index is 0.183. The highest BCUT2D eigenvalue weighted by molar-refractivity contribution is 7.93. The molecule has 0 aliphatic carbocycles. The summed E-state index contributed by atoms with van der Waals surface area (Å²) in [6.45, 7) is 6.00. The average Bonchev–Trinajstić information content (AvgIpc) is 2.92. The van der Waals surface area contributed by atoms with Crippen LogP contribution in [0.5, 0.6) is 0 Å². The lowest BCUT2D eigenvalue weighted by atomic mass is 10.2. The first-order chi connectivity index (χ1) is 9.97. The number of rotatable bonds is 7. The van der Waals surface area contributed by atoms with Crippen molar-refractivity contribution < 1.29 is 8.42 Å². The van der Waals surface area contributed by atoms with E-state index in [9.17, 15) is 8.42 Å². The van der Waals surface area contributed by atoms with Crippen molar-refractivity contribution >= 4 is 10.0 Å². The molecule has 2 rings (SSSR count). The number of nitrogens with two attached hydrogens (primary N) is 1. The number of primary sulfonamides is 1. The second kappa shape index (κ2) is 6.59. The predicted octanol–water partition coefficient (Wildman–Crippen LogP) is 1.12. The van der Waals surface area contributed by atoms with Gasteiger partial charge in [-0.1, -0.05) is 5.21 Å². The molecule has 0 atom stereocenters. The highest BCUT2D eigenvalue weighted by Gasteiger charge is 2.09. The zero-order chi connectivity index (χ0) is 15.3. The monoisotopic (exact) mass is 306 g/mol. The van der Waals surface area contributed by atoms with E-state index in [0.29, 0.717) is 13.0 Å². The van der Waals surface area contributed by atoms with E-state index in [-0.39, 0.29) is 11.3 Å². The SMILES string of the molecule is [CH]=C(CCCCn1cc(-c2cccnc2)nn1)S(N)(=O)=O. The second-order valence-corrected chi connectivity index (χ2v) is 6.19. The standard InChI is InChI=1S/C13H16N5O2S/c1-11(21(14,19)20)5-2-3-8-18-10-13(16-17-18)12-6-4-7-15-9-12/h1,4,6-7,9-10H,2-3,5,8H2,(H2,14,19,20). The number of pyridine rings is 1. The Morgan fingerprint density at radius 2 is 2.19 bits per heavy atom. The molecule has 2 N–H and O–H groups in total. The second-order valence-electron chi connectivity index (χ2n) is 4.58. The fourth-order valence-electron chi connectivity index (χ4n) is 1.77. The summed E-state index contributed by atoms with van der Waals surface area (Å²) < 4.78 is 23.6. The minimum Gasteiger partial charge on any atom is -0.264 e. The maximum Gasteiger partial charge on any atom is 0.234 e. The third-order valence-corrected chi connectivity index (χ3v) is 3.86. The maximum atomic E-state index is 10.9. The molecule has 0 amide bonds. The fraction of sp³-hybridized carbons (Fsp3) is 0.308. The fourth-order valence-corrected chi connectivity index (χ4v) is 2.20. The number of nitrogens with zero attached hydrogens (tertiary/aromatic N) is 4. The smallest absolute Gasteiger partial charge is 0.234 e. The van der Waals surface area contributed by atoms with Crippen molar-refractivity contribution in [3.8, 4) is 11.3 Å². The van der Waals surface area contributed by atoms with E-state index in [2.05, 4.69) is 15.3 Å². The van der Waals surface area contributed by atoms with E-state index in [1.807, 2.05) is 18.3 Å². The van der Waals surface area contributed by atoms with Crippen molar-refractivity contribution in [2.24, 2.45) is 5.14 Å². The molecule has 111 valence electrons. The molecule has 2 aromatic heterocycles. The van der Waals surface area contributed by atoms with E-state index >= 15 is 0 Å². The molecular formula is C13H16N5O2S. The Labute approximate surface area is 123 Å². The van der Waals surface area contributed by atoms with Gasteiger partial charge in [0.1, 0.15) is 5.69 Å². The van der Waals surface area contributed by atoms with Gasteiger partial charge in [0.15, 0.2) is 0 Å². The summed E-state index contributed by atoms with van der Waals surface area (Å²) in [6.07, 6.45) is 6.83. The first kappa shape index (κ1) is 15.3. The van der Waals surface area contributed by atoms with E-state index in [1.54, 1.807) is 17.1 Å². The van der Waals surface area contributed by atoms with Gasteiger partial charge in [-0.2, -0.15) is 0 Å². The summed E-state index contributed by atoms with van der Waals surface area (Å²) in [7, 11) is -3.73. The lowest BCUT2D eigenvalue weighted by molar-refractivity contribution is 0.540. The summed E-state index contributed by atoms with van der Waals surface area (Å²) in [5.41, 5.74) is 1.65. The number of aryl methyl sites for hydroxylation is 1. The number of aromatic nitrogens is 4. The Morgan fingerprint density at radius 1 is 1.38 bits per heavy atom. The van der Waals surface area contributed by atoms with Gasteiger partial charge in [-0.25, -0.2) is 13.6 Å². The highest BCUT2D eigenvalue weighted by Crippen LogP contribution is 2.14. The van der Waals surface area contributed by atoms with E-state index < -0.39 is 10.0 Å². The molecule has 0 aromatic carbocycles. The molecule has 0 unspecified atom stereocenters. The molecule has 21 heavy (non-hydrogen) atoms. The van der Waals surface area contributed by atoms with Crippen LogP contribution in [0.15, 0.2) is 35.6 Å². The topological polar surface area (TPSA) is 104 Å². The minimum atomic E-state index is -3.73. The third-order valence-electron chi connectivity index (χ3n) is 2.92. The number of unbranched alkanes of at least 4 members (excludes halogenated alkanes) is 1.